The molecule has 25 heavy (non-hydrogen) atoms. The first-order chi connectivity index (χ1) is 12.1. The summed E-state index contributed by atoms with van der Waals surface area (Å²) in [6.45, 7) is 3.05. The Kier molecular flexibility index (Phi) is 4.28. The van der Waals surface area contributed by atoms with Crippen molar-refractivity contribution in [3.05, 3.63) is 29.8 Å². The summed E-state index contributed by atoms with van der Waals surface area (Å²) in [5, 5.41) is 8.82. The number of hydrogen-bond acceptors (Lipinski definition) is 3. The summed E-state index contributed by atoms with van der Waals surface area (Å²) in [7, 11) is 0. The lowest BCUT2D eigenvalue weighted by atomic mass is 9.77. The van der Waals surface area contributed by atoms with Crippen LogP contribution in [-0.4, -0.2) is 48.1 Å². The first-order valence-corrected chi connectivity index (χ1v) is 9.43. The highest BCUT2D eigenvalue weighted by molar-refractivity contribution is 6.00. The molecule has 0 radical (unpaired) electrons. The number of benzene rings is 1. The maximum atomic E-state index is 13.1. The molecular formula is C20H26N2O3. The molecule has 0 bridgehead atoms. The van der Waals surface area contributed by atoms with Crippen molar-refractivity contribution >= 4 is 17.6 Å². The zero-order chi connectivity index (χ0) is 17.4. The third kappa shape index (κ3) is 3.30. The zero-order valence-corrected chi connectivity index (χ0v) is 14.6. The molecule has 1 aromatic carbocycles. The monoisotopic (exact) mass is 342 g/mol. The van der Waals surface area contributed by atoms with Gasteiger partial charge in [0.05, 0.1) is 11.8 Å². The lowest BCUT2D eigenvalue weighted by Gasteiger charge is -2.37. The van der Waals surface area contributed by atoms with Gasteiger partial charge in [0.2, 0.25) is 5.91 Å². The predicted molar refractivity (Wildman–Crippen MR) is 95.7 cm³/mol. The highest BCUT2D eigenvalue weighted by atomic mass is 16.4. The Morgan fingerprint density at radius 2 is 1.72 bits per heavy atom. The molecule has 2 heterocycles. The van der Waals surface area contributed by atoms with Crippen LogP contribution in [0.15, 0.2) is 24.3 Å². The van der Waals surface area contributed by atoms with E-state index in [0.717, 1.165) is 50.5 Å². The number of carboxylic acids is 1. The van der Waals surface area contributed by atoms with Crippen LogP contribution in [0.1, 0.15) is 50.0 Å². The van der Waals surface area contributed by atoms with Crippen molar-refractivity contribution in [1.82, 2.24) is 4.90 Å². The fourth-order valence-electron chi connectivity index (χ4n) is 4.33. The Hall–Kier alpha value is -1.88. The number of anilines is 1. The van der Waals surface area contributed by atoms with E-state index in [1.165, 1.54) is 18.4 Å². The SMILES string of the molecule is O=C(O)CCN1CCC2(CC1)CCN(c1ccc(C3CC3)cc1)C2=O. The summed E-state index contributed by atoms with van der Waals surface area (Å²) in [6.07, 6.45) is 5.39. The molecule has 5 heteroatoms. The third-order valence-electron chi connectivity index (χ3n) is 6.22. The average Bonchev–Trinajstić information content (AvgIpc) is 3.42. The summed E-state index contributed by atoms with van der Waals surface area (Å²) in [4.78, 5) is 28.0. The molecule has 5 nitrogen and oxygen atoms in total. The van der Waals surface area contributed by atoms with Crippen LogP contribution in [0.3, 0.4) is 0 Å². The van der Waals surface area contributed by atoms with Crippen molar-refractivity contribution < 1.29 is 14.7 Å². The molecule has 1 saturated carbocycles. The van der Waals surface area contributed by atoms with Crippen molar-refractivity contribution in [3.8, 4) is 0 Å². The summed E-state index contributed by atoms with van der Waals surface area (Å²) in [6, 6.07) is 8.57. The summed E-state index contributed by atoms with van der Waals surface area (Å²) < 4.78 is 0. The van der Waals surface area contributed by atoms with Gasteiger partial charge in [0.15, 0.2) is 0 Å². The van der Waals surface area contributed by atoms with Crippen molar-refractivity contribution in [2.24, 2.45) is 5.41 Å². The quantitative estimate of drug-likeness (QED) is 0.894. The molecule has 1 aliphatic carbocycles. The van der Waals surface area contributed by atoms with Crippen LogP contribution in [0.5, 0.6) is 0 Å². The van der Waals surface area contributed by atoms with E-state index >= 15 is 0 Å². The third-order valence-corrected chi connectivity index (χ3v) is 6.22. The number of nitrogens with zero attached hydrogens (tertiary/aromatic N) is 2. The minimum absolute atomic E-state index is 0.181. The van der Waals surface area contributed by atoms with Gasteiger partial charge in [-0.2, -0.15) is 0 Å². The molecular weight excluding hydrogens is 316 g/mol. The maximum absolute atomic E-state index is 13.1. The lowest BCUT2D eigenvalue weighted by molar-refractivity contribution is -0.138. The number of aliphatic carboxylic acids is 1. The fraction of sp³-hybridized carbons (Fsp3) is 0.600. The molecule has 3 fully saturated rings. The Morgan fingerprint density at radius 3 is 2.32 bits per heavy atom. The number of hydrogen-bond donors (Lipinski definition) is 1. The van der Waals surface area contributed by atoms with Crippen LogP contribution < -0.4 is 4.90 Å². The summed E-state index contributed by atoms with van der Waals surface area (Å²) >= 11 is 0. The van der Waals surface area contributed by atoms with E-state index in [1.807, 2.05) is 4.90 Å². The number of carboxylic acid groups (broad SMARTS) is 1. The smallest absolute Gasteiger partial charge is 0.304 e. The number of piperidine rings is 1. The molecule has 4 rings (SSSR count). The fourth-order valence-corrected chi connectivity index (χ4v) is 4.33. The van der Waals surface area contributed by atoms with Gasteiger partial charge in [-0.1, -0.05) is 12.1 Å². The topological polar surface area (TPSA) is 60.9 Å². The predicted octanol–water partition coefficient (Wildman–Crippen LogP) is 2.86. The van der Waals surface area contributed by atoms with Gasteiger partial charge in [-0.15, -0.1) is 0 Å². The Bertz CT molecular complexity index is 658. The summed E-state index contributed by atoms with van der Waals surface area (Å²) in [5.41, 5.74) is 2.20. The molecule has 0 unspecified atom stereocenters. The molecule has 1 amide bonds. The van der Waals surface area contributed by atoms with Crippen LogP contribution in [-0.2, 0) is 9.59 Å². The number of amides is 1. The van der Waals surface area contributed by atoms with Gasteiger partial charge in [-0.3, -0.25) is 9.59 Å². The Morgan fingerprint density at radius 1 is 1.08 bits per heavy atom. The van der Waals surface area contributed by atoms with Crippen molar-refractivity contribution in [1.29, 1.82) is 0 Å². The lowest BCUT2D eigenvalue weighted by Crippen LogP contribution is -2.45. The van der Waals surface area contributed by atoms with E-state index in [9.17, 15) is 9.59 Å². The Labute approximate surface area is 148 Å². The minimum atomic E-state index is -0.752. The molecule has 1 aromatic rings. The van der Waals surface area contributed by atoms with Crippen LogP contribution >= 0.6 is 0 Å². The highest BCUT2D eigenvalue weighted by Crippen LogP contribution is 2.44. The van der Waals surface area contributed by atoms with Gasteiger partial charge in [-0.05, 0) is 68.8 Å². The van der Waals surface area contributed by atoms with Crippen LogP contribution in [0.2, 0.25) is 0 Å². The molecule has 1 spiro atoms. The number of carbonyl (C=O) groups excluding carboxylic acids is 1. The van der Waals surface area contributed by atoms with Crippen molar-refractivity contribution in [2.45, 2.75) is 44.4 Å². The van der Waals surface area contributed by atoms with E-state index in [4.69, 9.17) is 5.11 Å². The number of likely N-dealkylation sites (tertiary alicyclic amines) is 1. The second-order valence-electron chi connectivity index (χ2n) is 7.84. The van der Waals surface area contributed by atoms with Gasteiger partial charge in [0, 0.05) is 18.8 Å². The van der Waals surface area contributed by atoms with E-state index in [1.54, 1.807) is 0 Å². The van der Waals surface area contributed by atoms with E-state index in [2.05, 4.69) is 29.2 Å². The van der Waals surface area contributed by atoms with E-state index in [0.29, 0.717) is 6.54 Å². The standard InChI is InChI=1S/C20H26N2O3/c23-18(24)7-11-21-12-8-20(9-13-21)10-14-22(19(20)25)17-5-3-16(4-6-17)15-1-2-15/h3-6,15H,1-2,7-14H2,(H,23,24). The maximum Gasteiger partial charge on any atom is 0.304 e. The molecule has 1 N–H and O–H groups in total. The second kappa shape index (κ2) is 6.45. The highest BCUT2D eigenvalue weighted by Gasteiger charge is 2.48. The first-order valence-electron chi connectivity index (χ1n) is 9.43. The van der Waals surface area contributed by atoms with E-state index in [-0.39, 0.29) is 17.7 Å². The van der Waals surface area contributed by atoms with E-state index < -0.39 is 5.97 Å². The first kappa shape index (κ1) is 16.6. The minimum Gasteiger partial charge on any atom is -0.481 e. The average molecular weight is 342 g/mol. The largest absolute Gasteiger partial charge is 0.481 e. The van der Waals surface area contributed by atoms with Gasteiger partial charge in [0.25, 0.3) is 0 Å². The number of rotatable bonds is 5. The number of carbonyl (C=O) groups is 2. The second-order valence-corrected chi connectivity index (χ2v) is 7.84. The van der Waals surface area contributed by atoms with Gasteiger partial charge >= 0.3 is 5.97 Å². The van der Waals surface area contributed by atoms with Gasteiger partial charge in [0.1, 0.15) is 0 Å². The molecule has 134 valence electrons. The van der Waals surface area contributed by atoms with Crippen LogP contribution in [0.4, 0.5) is 5.69 Å². The van der Waals surface area contributed by atoms with Gasteiger partial charge in [-0.25, -0.2) is 0 Å². The molecule has 0 aromatic heterocycles. The van der Waals surface area contributed by atoms with Gasteiger partial charge < -0.3 is 14.9 Å². The zero-order valence-electron chi connectivity index (χ0n) is 14.6. The normalized spacial score (nSPS) is 23.4. The molecule has 3 aliphatic rings. The molecule has 2 aliphatic heterocycles. The van der Waals surface area contributed by atoms with Crippen molar-refractivity contribution in [3.63, 3.8) is 0 Å². The molecule has 2 saturated heterocycles. The Balaban J connectivity index is 1.39. The van der Waals surface area contributed by atoms with Crippen LogP contribution in [0.25, 0.3) is 0 Å². The van der Waals surface area contributed by atoms with Crippen molar-refractivity contribution in [2.75, 3.05) is 31.1 Å². The molecule has 0 atom stereocenters. The van der Waals surface area contributed by atoms with Crippen LogP contribution in [0, 0.1) is 5.41 Å². The summed E-state index contributed by atoms with van der Waals surface area (Å²) in [5.74, 6) is 0.257.